The Labute approximate surface area is 123 Å². The average Bonchev–Trinajstić information content (AvgIpc) is 2.76. The Morgan fingerprint density at radius 3 is 2.71 bits per heavy atom. The number of nitrogens with one attached hydrogen (secondary N) is 2. The molecule has 0 aliphatic rings. The first-order chi connectivity index (χ1) is 9.72. The van der Waals surface area contributed by atoms with Gasteiger partial charge in [-0.25, -0.2) is 17.6 Å². The van der Waals surface area contributed by atoms with Crippen molar-refractivity contribution < 1.29 is 22.7 Å². The number of anilines is 1. The number of benzene rings is 1. The number of hydrogen-bond donors (Lipinski definition) is 3. The van der Waals surface area contributed by atoms with Crippen molar-refractivity contribution in [3.63, 3.8) is 0 Å². The molecule has 0 aliphatic heterocycles. The molecular weight excluding hydrogens is 325 g/mol. The standard InChI is InChI=1S/C11H9ClFN3O4S/c1-5-10(9(11(17)18)15-14-5)21(19,20)16-8-3-2-6(12)4-7(8)13/h2-4,16H,1H3,(H,14,15)(H,17,18). The maximum absolute atomic E-state index is 13.6. The van der Waals surface area contributed by atoms with E-state index in [1.54, 1.807) is 0 Å². The van der Waals surface area contributed by atoms with Crippen LogP contribution in [0.5, 0.6) is 0 Å². The maximum Gasteiger partial charge on any atom is 0.357 e. The number of carboxylic acid groups (broad SMARTS) is 1. The van der Waals surface area contributed by atoms with E-state index in [0.29, 0.717) is 0 Å². The second kappa shape index (κ2) is 5.34. The quantitative estimate of drug-likeness (QED) is 0.792. The van der Waals surface area contributed by atoms with Gasteiger partial charge in [0.15, 0.2) is 5.69 Å². The Balaban J connectivity index is 2.48. The lowest BCUT2D eigenvalue weighted by Gasteiger charge is -2.09. The number of sulfonamides is 1. The number of aryl methyl sites for hydroxylation is 1. The molecule has 112 valence electrons. The number of nitrogens with zero attached hydrogens (tertiary/aromatic N) is 1. The largest absolute Gasteiger partial charge is 0.476 e. The van der Waals surface area contributed by atoms with Crippen molar-refractivity contribution in [2.24, 2.45) is 0 Å². The molecule has 0 spiro atoms. The first-order valence-corrected chi connectivity index (χ1v) is 7.34. The predicted octanol–water partition coefficient (Wildman–Crippen LogP) is 2.01. The van der Waals surface area contributed by atoms with Crippen LogP contribution in [0.1, 0.15) is 16.2 Å². The highest BCUT2D eigenvalue weighted by Crippen LogP contribution is 2.24. The molecule has 7 nitrogen and oxygen atoms in total. The van der Waals surface area contributed by atoms with Gasteiger partial charge in [-0.1, -0.05) is 11.6 Å². The molecule has 0 radical (unpaired) electrons. The molecule has 1 heterocycles. The minimum absolute atomic E-state index is 0.0225. The van der Waals surface area contributed by atoms with Gasteiger partial charge < -0.3 is 5.11 Å². The van der Waals surface area contributed by atoms with Crippen LogP contribution in [0, 0.1) is 12.7 Å². The van der Waals surface area contributed by atoms with Crippen molar-refractivity contribution in [3.8, 4) is 0 Å². The highest BCUT2D eigenvalue weighted by Gasteiger charge is 2.28. The molecule has 0 saturated carbocycles. The summed E-state index contributed by atoms with van der Waals surface area (Å²) in [6, 6.07) is 3.35. The van der Waals surface area contributed by atoms with Gasteiger partial charge in [0.2, 0.25) is 0 Å². The van der Waals surface area contributed by atoms with Crippen LogP contribution >= 0.6 is 11.6 Å². The third-order valence-corrected chi connectivity index (χ3v) is 4.30. The number of aromatic carboxylic acids is 1. The van der Waals surface area contributed by atoms with Gasteiger partial charge >= 0.3 is 5.97 Å². The number of carbonyl (C=O) groups is 1. The lowest BCUT2D eigenvalue weighted by atomic mass is 10.3. The number of rotatable bonds is 4. The normalized spacial score (nSPS) is 11.4. The maximum atomic E-state index is 13.6. The van der Waals surface area contributed by atoms with Gasteiger partial charge in [-0.05, 0) is 25.1 Å². The summed E-state index contributed by atoms with van der Waals surface area (Å²) in [5.41, 5.74) is -1.00. The molecule has 0 saturated heterocycles. The summed E-state index contributed by atoms with van der Waals surface area (Å²) in [5.74, 6) is -2.40. The zero-order chi connectivity index (χ0) is 15.8. The van der Waals surface area contributed by atoms with Crippen LogP contribution in [0.2, 0.25) is 5.02 Å². The van der Waals surface area contributed by atoms with E-state index >= 15 is 0 Å². The van der Waals surface area contributed by atoms with Crippen LogP contribution in [0.25, 0.3) is 0 Å². The zero-order valence-electron chi connectivity index (χ0n) is 10.5. The molecular formula is C11H9ClFN3O4S. The van der Waals surface area contributed by atoms with Gasteiger partial charge in [-0.15, -0.1) is 0 Å². The van der Waals surface area contributed by atoms with Gasteiger partial charge in [-0.3, -0.25) is 9.82 Å². The van der Waals surface area contributed by atoms with Gasteiger partial charge in [0.25, 0.3) is 10.0 Å². The van der Waals surface area contributed by atoms with Crippen LogP contribution < -0.4 is 4.72 Å². The highest BCUT2D eigenvalue weighted by molar-refractivity contribution is 7.92. The molecule has 21 heavy (non-hydrogen) atoms. The molecule has 1 aromatic heterocycles. The second-order valence-electron chi connectivity index (χ2n) is 4.06. The van der Waals surface area contributed by atoms with Gasteiger partial charge in [0.05, 0.1) is 11.4 Å². The summed E-state index contributed by atoms with van der Waals surface area (Å²) in [6.07, 6.45) is 0. The fourth-order valence-corrected chi connectivity index (χ4v) is 3.21. The van der Waals surface area contributed by atoms with Crippen LogP contribution in [-0.4, -0.2) is 29.7 Å². The molecule has 0 bridgehead atoms. The predicted molar refractivity (Wildman–Crippen MR) is 72.5 cm³/mol. The van der Waals surface area contributed by atoms with E-state index < -0.39 is 32.4 Å². The van der Waals surface area contributed by atoms with Gasteiger partial charge in [0.1, 0.15) is 10.7 Å². The van der Waals surface area contributed by atoms with Gasteiger partial charge in [-0.2, -0.15) is 5.10 Å². The van der Waals surface area contributed by atoms with Gasteiger partial charge in [0, 0.05) is 5.02 Å². The van der Waals surface area contributed by atoms with E-state index in [4.69, 9.17) is 16.7 Å². The van der Waals surface area contributed by atoms with Crippen LogP contribution in [0.15, 0.2) is 23.1 Å². The molecule has 2 rings (SSSR count). The fraction of sp³-hybridized carbons (Fsp3) is 0.0909. The Bertz CT molecular complexity index is 819. The molecule has 0 aliphatic carbocycles. The van der Waals surface area contributed by atoms with Crippen LogP contribution in [0.4, 0.5) is 10.1 Å². The lowest BCUT2D eigenvalue weighted by molar-refractivity contribution is 0.0686. The van der Waals surface area contributed by atoms with Crippen LogP contribution in [0.3, 0.4) is 0 Å². The van der Waals surface area contributed by atoms with Crippen molar-refractivity contribution >= 4 is 33.3 Å². The lowest BCUT2D eigenvalue weighted by Crippen LogP contribution is -2.17. The molecule has 0 amide bonds. The van der Waals surface area contributed by atoms with Crippen LogP contribution in [-0.2, 0) is 10.0 Å². The van der Waals surface area contributed by atoms with Crippen molar-refractivity contribution in [1.29, 1.82) is 0 Å². The van der Waals surface area contributed by atoms with E-state index in [-0.39, 0.29) is 16.4 Å². The molecule has 0 atom stereocenters. The first-order valence-electron chi connectivity index (χ1n) is 5.48. The number of aromatic nitrogens is 2. The average molecular weight is 334 g/mol. The SMILES string of the molecule is Cc1[nH]nc(C(=O)O)c1S(=O)(=O)Nc1ccc(Cl)cc1F. The second-order valence-corrected chi connectivity index (χ2v) is 6.12. The van der Waals surface area contributed by atoms with E-state index in [2.05, 4.69) is 10.2 Å². The molecule has 3 N–H and O–H groups in total. The number of H-pyrrole nitrogens is 1. The monoisotopic (exact) mass is 333 g/mol. The van der Waals surface area contributed by atoms with E-state index in [1.807, 2.05) is 4.72 Å². The molecule has 0 fully saturated rings. The number of halogens is 2. The third-order valence-electron chi connectivity index (χ3n) is 2.54. The van der Waals surface area contributed by atoms with Crippen molar-refractivity contribution in [1.82, 2.24) is 10.2 Å². The Kier molecular flexibility index (Phi) is 3.88. The minimum Gasteiger partial charge on any atom is -0.476 e. The number of carboxylic acids is 1. The third kappa shape index (κ3) is 2.98. The Hall–Kier alpha value is -2.13. The smallest absolute Gasteiger partial charge is 0.357 e. The molecule has 0 unspecified atom stereocenters. The summed E-state index contributed by atoms with van der Waals surface area (Å²) in [4.78, 5) is 10.4. The summed E-state index contributed by atoms with van der Waals surface area (Å²) in [6.45, 7) is 1.34. The first kappa shape index (κ1) is 15.3. The van der Waals surface area contributed by atoms with Crippen molar-refractivity contribution in [3.05, 3.63) is 40.4 Å². The van der Waals surface area contributed by atoms with Crippen molar-refractivity contribution in [2.45, 2.75) is 11.8 Å². The van der Waals surface area contributed by atoms with Crippen molar-refractivity contribution in [2.75, 3.05) is 4.72 Å². The summed E-state index contributed by atoms with van der Waals surface area (Å²) < 4.78 is 40.0. The zero-order valence-corrected chi connectivity index (χ0v) is 12.1. The molecule has 10 heteroatoms. The topological polar surface area (TPSA) is 112 Å². The van der Waals surface area contributed by atoms with E-state index in [9.17, 15) is 17.6 Å². The summed E-state index contributed by atoms with van der Waals surface area (Å²) in [7, 11) is -4.32. The number of aromatic amines is 1. The van der Waals surface area contributed by atoms with E-state index in [1.165, 1.54) is 13.0 Å². The molecule has 1 aromatic carbocycles. The van der Waals surface area contributed by atoms with E-state index in [0.717, 1.165) is 12.1 Å². The summed E-state index contributed by atoms with van der Waals surface area (Å²) >= 11 is 5.57. The molecule has 2 aromatic rings. The summed E-state index contributed by atoms with van der Waals surface area (Å²) in [5, 5.41) is 14.7. The Morgan fingerprint density at radius 2 is 2.14 bits per heavy atom. The Morgan fingerprint density at radius 1 is 1.48 bits per heavy atom. The fourth-order valence-electron chi connectivity index (χ4n) is 1.66. The number of hydrogen-bond acceptors (Lipinski definition) is 4. The minimum atomic E-state index is -4.32. The highest BCUT2D eigenvalue weighted by atomic mass is 35.5.